The van der Waals surface area contributed by atoms with Gasteiger partial charge in [0.15, 0.2) is 0 Å². The SMILES string of the molecule is CCC(=O)N(C)Cc1ccc(-c2ccccc2)c(F)c1. The third-order valence-corrected chi connectivity index (χ3v) is 3.27. The molecule has 0 aliphatic heterocycles. The highest BCUT2D eigenvalue weighted by molar-refractivity contribution is 5.75. The lowest BCUT2D eigenvalue weighted by Crippen LogP contribution is -2.25. The number of carbonyl (C=O) groups is 1. The summed E-state index contributed by atoms with van der Waals surface area (Å²) in [6.07, 6.45) is 0.459. The number of amides is 1. The molecule has 0 fully saturated rings. The van der Waals surface area contributed by atoms with Crippen LogP contribution < -0.4 is 0 Å². The molecule has 0 N–H and O–H groups in total. The Morgan fingerprint density at radius 1 is 1.15 bits per heavy atom. The van der Waals surface area contributed by atoms with Gasteiger partial charge in [-0.25, -0.2) is 4.39 Å². The van der Waals surface area contributed by atoms with E-state index in [0.717, 1.165) is 11.1 Å². The summed E-state index contributed by atoms with van der Waals surface area (Å²) in [6.45, 7) is 2.25. The van der Waals surface area contributed by atoms with Crippen LogP contribution in [0.2, 0.25) is 0 Å². The number of nitrogens with zero attached hydrogens (tertiary/aromatic N) is 1. The Kier molecular flexibility index (Phi) is 4.51. The van der Waals surface area contributed by atoms with Gasteiger partial charge in [-0.2, -0.15) is 0 Å². The zero-order valence-corrected chi connectivity index (χ0v) is 11.8. The molecule has 2 rings (SSSR count). The van der Waals surface area contributed by atoms with Gasteiger partial charge in [0, 0.05) is 25.6 Å². The first-order valence-corrected chi connectivity index (χ1v) is 6.69. The van der Waals surface area contributed by atoms with E-state index in [2.05, 4.69) is 0 Å². The Hall–Kier alpha value is -2.16. The summed E-state index contributed by atoms with van der Waals surface area (Å²) in [6, 6.07) is 14.6. The maximum atomic E-state index is 14.2. The molecule has 2 aromatic carbocycles. The van der Waals surface area contributed by atoms with Crippen LogP contribution in [0, 0.1) is 5.82 Å². The lowest BCUT2D eigenvalue weighted by atomic mass is 10.0. The third kappa shape index (κ3) is 3.23. The molecule has 20 heavy (non-hydrogen) atoms. The van der Waals surface area contributed by atoms with Crippen LogP contribution in [0.5, 0.6) is 0 Å². The maximum absolute atomic E-state index is 14.2. The first-order valence-electron chi connectivity index (χ1n) is 6.69. The molecular weight excluding hydrogens is 253 g/mol. The number of rotatable bonds is 4. The molecule has 2 nitrogen and oxygen atoms in total. The van der Waals surface area contributed by atoms with E-state index in [1.807, 2.05) is 43.3 Å². The van der Waals surface area contributed by atoms with Crippen molar-refractivity contribution < 1.29 is 9.18 Å². The molecule has 0 radical (unpaired) electrons. The molecule has 0 aliphatic carbocycles. The zero-order chi connectivity index (χ0) is 14.5. The Bertz CT molecular complexity index is 595. The van der Waals surface area contributed by atoms with E-state index in [-0.39, 0.29) is 11.7 Å². The second kappa shape index (κ2) is 6.33. The Labute approximate surface area is 118 Å². The molecule has 0 aliphatic rings. The van der Waals surface area contributed by atoms with Crippen LogP contribution >= 0.6 is 0 Å². The summed E-state index contributed by atoms with van der Waals surface area (Å²) in [7, 11) is 1.73. The highest BCUT2D eigenvalue weighted by Crippen LogP contribution is 2.23. The van der Waals surface area contributed by atoms with E-state index in [1.54, 1.807) is 18.0 Å². The van der Waals surface area contributed by atoms with Crippen molar-refractivity contribution in [1.82, 2.24) is 4.90 Å². The average molecular weight is 271 g/mol. The van der Waals surface area contributed by atoms with Crippen LogP contribution in [0.1, 0.15) is 18.9 Å². The molecule has 0 saturated heterocycles. The third-order valence-electron chi connectivity index (χ3n) is 3.27. The lowest BCUT2D eigenvalue weighted by Gasteiger charge is -2.16. The normalized spacial score (nSPS) is 10.3. The van der Waals surface area contributed by atoms with Crippen molar-refractivity contribution in [1.29, 1.82) is 0 Å². The van der Waals surface area contributed by atoms with E-state index in [0.29, 0.717) is 18.5 Å². The smallest absolute Gasteiger partial charge is 0.222 e. The summed E-state index contributed by atoms with van der Waals surface area (Å²) >= 11 is 0. The first-order chi connectivity index (χ1) is 9.61. The van der Waals surface area contributed by atoms with Crippen LogP contribution in [0.4, 0.5) is 4.39 Å². The van der Waals surface area contributed by atoms with Crippen LogP contribution in [-0.2, 0) is 11.3 Å². The van der Waals surface area contributed by atoms with Gasteiger partial charge in [-0.05, 0) is 17.2 Å². The van der Waals surface area contributed by atoms with E-state index >= 15 is 0 Å². The summed E-state index contributed by atoms with van der Waals surface area (Å²) in [5.74, 6) is -0.205. The number of hydrogen-bond acceptors (Lipinski definition) is 1. The average Bonchev–Trinajstić information content (AvgIpc) is 2.47. The topological polar surface area (TPSA) is 20.3 Å². The quantitative estimate of drug-likeness (QED) is 0.827. The predicted octanol–water partition coefficient (Wildman–Crippen LogP) is 3.86. The molecule has 1 amide bonds. The molecular formula is C17H18FNO. The minimum atomic E-state index is -0.258. The standard InChI is InChI=1S/C17H18FNO/c1-3-17(20)19(2)12-13-9-10-15(16(18)11-13)14-7-5-4-6-8-14/h4-11H,3,12H2,1-2H3. The summed E-state index contributed by atoms with van der Waals surface area (Å²) in [5.41, 5.74) is 2.24. The minimum absolute atomic E-state index is 0.0533. The van der Waals surface area contributed by atoms with Gasteiger partial charge in [-0.15, -0.1) is 0 Å². The highest BCUT2D eigenvalue weighted by atomic mass is 19.1. The van der Waals surface area contributed by atoms with Gasteiger partial charge in [0.1, 0.15) is 5.82 Å². The lowest BCUT2D eigenvalue weighted by molar-refractivity contribution is -0.130. The van der Waals surface area contributed by atoms with E-state index in [4.69, 9.17) is 0 Å². The van der Waals surface area contributed by atoms with Crippen molar-refractivity contribution in [3.05, 3.63) is 59.9 Å². The van der Waals surface area contributed by atoms with Crippen molar-refractivity contribution in [2.45, 2.75) is 19.9 Å². The minimum Gasteiger partial charge on any atom is -0.341 e. The molecule has 0 unspecified atom stereocenters. The van der Waals surface area contributed by atoms with E-state index < -0.39 is 0 Å². The monoisotopic (exact) mass is 271 g/mol. The summed E-state index contributed by atoms with van der Waals surface area (Å²) in [5, 5.41) is 0. The molecule has 0 aromatic heterocycles. The van der Waals surface area contributed by atoms with Gasteiger partial charge >= 0.3 is 0 Å². The second-order valence-electron chi connectivity index (χ2n) is 4.78. The van der Waals surface area contributed by atoms with Gasteiger partial charge in [-0.1, -0.05) is 49.4 Å². The van der Waals surface area contributed by atoms with Gasteiger partial charge in [0.25, 0.3) is 0 Å². The molecule has 3 heteroatoms. The fraction of sp³-hybridized carbons (Fsp3) is 0.235. The van der Waals surface area contributed by atoms with Crippen molar-refractivity contribution in [3.8, 4) is 11.1 Å². The molecule has 0 bridgehead atoms. The highest BCUT2D eigenvalue weighted by Gasteiger charge is 2.09. The van der Waals surface area contributed by atoms with Crippen molar-refractivity contribution in [2.75, 3.05) is 7.05 Å². The van der Waals surface area contributed by atoms with Crippen LogP contribution in [0.3, 0.4) is 0 Å². The molecule has 0 heterocycles. The first kappa shape index (κ1) is 14.3. The Morgan fingerprint density at radius 2 is 1.85 bits per heavy atom. The molecule has 0 saturated carbocycles. The van der Waals surface area contributed by atoms with Crippen LogP contribution in [0.25, 0.3) is 11.1 Å². The van der Waals surface area contributed by atoms with Gasteiger partial charge in [-0.3, -0.25) is 4.79 Å². The van der Waals surface area contributed by atoms with Crippen molar-refractivity contribution >= 4 is 5.91 Å². The van der Waals surface area contributed by atoms with Crippen molar-refractivity contribution in [2.24, 2.45) is 0 Å². The number of carbonyl (C=O) groups excluding carboxylic acids is 1. The molecule has 2 aromatic rings. The predicted molar refractivity (Wildman–Crippen MR) is 78.6 cm³/mol. The zero-order valence-electron chi connectivity index (χ0n) is 11.8. The van der Waals surface area contributed by atoms with Gasteiger partial charge in [0.2, 0.25) is 5.91 Å². The Balaban J connectivity index is 2.20. The van der Waals surface area contributed by atoms with Gasteiger partial charge < -0.3 is 4.90 Å². The van der Waals surface area contributed by atoms with E-state index in [9.17, 15) is 9.18 Å². The fourth-order valence-corrected chi connectivity index (χ4v) is 2.14. The van der Waals surface area contributed by atoms with Crippen molar-refractivity contribution in [3.63, 3.8) is 0 Å². The molecule has 0 atom stereocenters. The maximum Gasteiger partial charge on any atom is 0.222 e. The Morgan fingerprint density at radius 3 is 2.45 bits per heavy atom. The van der Waals surface area contributed by atoms with Crippen LogP contribution in [0.15, 0.2) is 48.5 Å². The summed E-state index contributed by atoms with van der Waals surface area (Å²) < 4.78 is 14.2. The molecule has 104 valence electrons. The van der Waals surface area contributed by atoms with Gasteiger partial charge in [0.05, 0.1) is 0 Å². The molecule has 0 spiro atoms. The number of hydrogen-bond donors (Lipinski definition) is 0. The largest absolute Gasteiger partial charge is 0.341 e. The summed E-state index contributed by atoms with van der Waals surface area (Å²) in [4.78, 5) is 13.1. The van der Waals surface area contributed by atoms with Crippen LogP contribution in [-0.4, -0.2) is 17.9 Å². The number of benzene rings is 2. The van der Waals surface area contributed by atoms with E-state index in [1.165, 1.54) is 6.07 Å². The fourth-order valence-electron chi connectivity index (χ4n) is 2.14. The second-order valence-corrected chi connectivity index (χ2v) is 4.78. The number of halogens is 1.